The van der Waals surface area contributed by atoms with Crippen LogP contribution in [0.5, 0.6) is 17.2 Å². The largest absolute Gasteiger partial charge is 0.493 e. The van der Waals surface area contributed by atoms with Gasteiger partial charge in [0.15, 0.2) is 18.1 Å². The Morgan fingerprint density at radius 1 is 1.16 bits per heavy atom. The third kappa shape index (κ3) is 5.27. The lowest BCUT2D eigenvalue weighted by Crippen LogP contribution is -2.44. The van der Waals surface area contributed by atoms with E-state index >= 15 is 0 Å². The summed E-state index contributed by atoms with van der Waals surface area (Å²) in [7, 11) is 2.70. The minimum atomic E-state index is -1.14. The van der Waals surface area contributed by atoms with Gasteiger partial charge in [-0.1, -0.05) is 13.8 Å². The molecule has 0 aliphatic rings. The molecule has 0 heterocycles. The van der Waals surface area contributed by atoms with Crippen molar-refractivity contribution in [1.82, 2.24) is 5.32 Å². The highest BCUT2D eigenvalue weighted by molar-refractivity contribution is 5.97. The van der Waals surface area contributed by atoms with Gasteiger partial charge in [-0.3, -0.25) is 9.59 Å². The SMILES string of the molecule is COc1cc(C(=O)NC(C(=O)O)C(C)C)cc(OC)c1OCC(N)=O. The summed E-state index contributed by atoms with van der Waals surface area (Å²) < 4.78 is 15.6. The van der Waals surface area contributed by atoms with Crippen LogP contribution in [0.2, 0.25) is 0 Å². The number of hydrogen-bond acceptors (Lipinski definition) is 6. The van der Waals surface area contributed by atoms with Gasteiger partial charge in [0.05, 0.1) is 14.2 Å². The Morgan fingerprint density at radius 2 is 1.68 bits per heavy atom. The van der Waals surface area contributed by atoms with Crippen molar-refractivity contribution in [3.63, 3.8) is 0 Å². The Hall–Kier alpha value is -2.97. The molecule has 1 atom stereocenters. The van der Waals surface area contributed by atoms with E-state index < -0.39 is 30.4 Å². The maximum Gasteiger partial charge on any atom is 0.326 e. The molecule has 0 fully saturated rings. The monoisotopic (exact) mass is 354 g/mol. The summed E-state index contributed by atoms with van der Waals surface area (Å²) in [5, 5.41) is 11.6. The molecule has 0 saturated heterocycles. The first-order chi connectivity index (χ1) is 11.7. The Balaban J connectivity index is 3.17. The van der Waals surface area contributed by atoms with Crippen LogP contribution >= 0.6 is 0 Å². The summed E-state index contributed by atoms with van der Waals surface area (Å²) in [6, 6.07) is 1.66. The van der Waals surface area contributed by atoms with Crippen LogP contribution in [0.15, 0.2) is 12.1 Å². The Morgan fingerprint density at radius 3 is 2.04 bits per heavy atom. The van der Waals surface area contributed by atoms with Gasteiger partial charge in [-0.05, 0) is 18.1 Å². The molecular weight excluding hydrogens is 332 g/mol. The van der Waals surface area contributed by atoms with Crippen LogP contribution in [-0.4, -0.2) is 49.8 Å². The molecular formula is C16H22N2O7. The molecule has 1 rings (SSSR count). The number of carboxylic acid groups (broad SMARTS) is 1. The highest BCUT2D eigenvalue weighted by atomic mass is 16.5. The van der Waals surface area contributed by atoms with Crippen molar-refractivity contribution in [2.45, 2.75) is 19.9 Å². The van der Waals surface area contributed by atoms with Crippen molar-refractivity contribution in [3.05, 3.63) is 17.7 Å². The Bertz CT molecular complexity index is 633. The minimum absolute atomic E-state index is 0.110. The van der Waals surface area contributed by atoms with Gasteiger partial charge in [0.25, 0.3) is 11.8 Å². The number of carbonyl (C=O) groups excluding carboxylic acids is 2. The topological polar surface area (TPSA) is 137 Å². The molecule has 1 unspecified atom stereocenters. The Kier molecular flexibility index (Phi) is 7.04. The number of methoxy groups -OCH3 is 2. The van der Waals surface area contributed by atoms with E-state index in [1.54, 1.807) is 13.8 Å². The zero-order chi connectivity index (χ0) is 19.1. The lowest BCUT2D eigenvalue weighted by atomic mass is 10.0. The molecule has 9 heteroatoms. The van der Waals surface area contributed by atoms with Gasteiger partial charge in [0.2, 0.25) is 5.75 Å². The van der Waals surface area contributed by atoms with Crippen molar-refractivity contribution in [1.29, 1.82) is 0 Å². The van der Waals surface area contributed by atoms with E-state index in [0.717, 1.165) is 0 Å². The first-order valence-corrected chi connectivity index (χ1v) is 7.42. The molecule has 0 radical (unpaired) electrons. The van der Waals surface area contributed by atoms with Gasteiger partial charge in [-0.25, -0.2) is 4.79 Å². The number of carbonyl (C=O) groups is 3. The molecule has 0 aliphatic heterocycles. The second kappa shape index (κ2) is 8.76. The average Bonchev–Trinajstić information content (AvgIpc) is 2.55. The highest BCUT2D eigenvalue weighted by Crippen LogP contribution is 2.38. The molecule has 0 bridgehead atoms. The van der Waals surface area contributed by atoms with Crippen molar-refractivity contribution >= 4 is 17.8 Å². The fourth-order valence-electron chi connectivity index (χ4n) is 2.03. The summed E-state index contributed by atoms with van der Waals surface area (Å²) in [5.74, 6) is -2.35. The Labute approximate surface area is 145 Å². The highest BCUT2D eigenvalue weighted by Gasteiger charge is 2.25. The van der Waals surface area contributed by atoms with Crippen LogP contribution in [-0.2, 0) is 9.59 Å². The van der Waals surface area contributed by atoms with E-state index in [2.05, 4.69) is 5.32 Å². The number of ether oxygens (including phenoxy) is 3. The predicted molar refractivity (Wildman–Crippen MR) is 88.0 cm³/mol. The van der Waals surface area contributed by atoms with Gasteiger partial charge in [0, 0.05) is 5.56 Å². The summed E-state index contributed by atoms with van der Waals surface area (Å²) in [6.45, 7) is 2.97. The molecule has 0 saturated carbocycles. The first-order valence-electron chi connectivity index (χ1n) is 7.42. The second-order valence-electron chi connectivity index (χ2n) is 5.50. The van der Waals surface area contributed by atoms with E-state index in [0.29, 0.717) is 0 Å². The smallest absolute Gasteiger partial charge is 0.326 e. The third-order valence-electron chi connectivity index (χ3n) is 3.30. The predicted octanol–water partition coefficient (Wildman–Crippen LogP) is 0.407. The molecule has 4 N–H and O–H groups in total. The van der Waals surface area contributed by atoms with Crippen molar-refractivity contribution in [2.24, 2.45) is 11.7 Å². The maximum atomic E-state index is 12.4. The normalized spacial score (nSPS) is 11.6. The number of benzene rings is 1. The fraction of sp³-hybridized carbons (Fsp3) is 0.438. The van der Waals surface area contributed by atoms with Gasteiger partial charge in [-0.2, -0.15) is 0 Å². The number of nitrogens with one attached hydrogen (secondary N) is 1. The number of carboxylic acids is 1. The quantitative estimate of drug-likeness (QED) is 0.584. The molecule has 2 amide bonds. The summed E-state index contributed by atoms with van der Waals surface area (Å²) >= 11 is 0. The van der Waals surface area contributed by atoms with Crippen LogP contribution in [0.1, 0.15) is 24.2 Å². The van der Waals surface area contributed by atoms with Gasteiger partial charge in [0.1, 0.15) is 6.04 Å². The van der Waals surface area contributed by atoms with Gasteiger partial charge in [-0.15, -0.1) is 0 Å². The van der Waals surface area contributed by atoms with Gasteiger partial charge < -0.3 is 30.4 Å². The number of aliphatic carboxylic acids is 1. The van der Waals surface area contributed by atoms with Crippen LogP contribution in [0.4, 0.5) is 0 Å². The van der Waals surface area contributed by atoms with Crippen LogP contribution < -0.4 is 25.3 Å². The lowest BCUT2D eigenvalue weighted by molar-refractivity contribution is -0.140. The molecule has 0 aromatic heterocycles. The zero-order valence-corrected chi connectivity index (χ0v) is 14.5. The fourth-order valence-corrected chi connectivity index (χ4v) is 2.03. The molecule has 0 aliphatic carbocycles. The van der Waals surface area contributed by atoms with E-state index in [1.165, 1.54) is 26.4 Å². The van der Waals surface area contributed by atoms with Crippen LogP contribution in [0.25, 0.3) is 0 Å². The van der Waals surface area contributed by atoms with Crippen LogP contribution in [0, 0.1) is 5.92 Å². The zero-order valence-electron chi connectivity index (χ0n) is 14.5. The van der Waals surface area contributed by atoms with Crippen molar-refractivity contribution in [3.8, 4) is 17.2 Å². The van der Waals surface area contributed by atoms with E-state index in [1.807, 2.05) is 0 Å². The number of primary amides is 1. The molecule has 138 valence electrons. The van der Waals surface area contributed by atoms with Crippen molar-refractivity contribution < 1.29 is 33.7 Å². The summed E-state index contributed by atoms with van der Waals surface area (Å²) in [5.41, 5.74) is 5.17. The number of hydrogen-bond donors (Lipinski definition) is 3. The molecule has 9 nitrogen and oxygen atoms in total. The third-order valence-corrected chi connectivity index (χ3v) is 3.30. The van der Waals surface area contributed by atoms with Crippen LogP contribution in [0.3, 0.4) is 0 Å². The summed E-state index contributed by atoms with van der Waals surface area (Å²) in [6.07, 6.45) is 0. The lowest BCUT2D eigenvalue weighted by Gasteiger charge is -2.19. The number of rotatable bonds is 9. The molecule has 25 heavy (non-hydrogen) atoms. The number of nitrogens with two attached hydrogens (primary N) is 1. The average molecular weight is 354 g/mol. The first kappa shape index (κ1) is 20.1. The molecule has 1 aromatic rings. The molecule has 0 spiro atoms. The standard InChI is InChI=1S/C16H22N2O7/c1-8(2)13(16(21)22)18-15(20)9-5-10(23-3)14(11(6-9)24-4)25-7-12(17)19/h5-6,8,13H,7H2,1-4H3,(H2,17,19)(H,18,20)(H,21,22). The van der Waals surface area contributed by atoms with Crippen molar-refractivity contribution in [2.75, 3.05) is 20.8 Å². The number of amides is 2. The second-order valence-corrected chi connectivity index (χ2v) is 5.50. The minimum Gasteiger partial charge on any atom is -0.493 e. The van der Waals surface area contributed by atoms with E-state index in [9.17, 15) is 19.5 Å². The van der Waals surface area contributed by atoms with E-state index in [4.69, 9.17) is 19.9 Å². The summed E-state index contributed by atoms with van der Waals surface area (Å²) in [4.78, 5) is 34.5. The van der Waals surface area contributed by atoms with Gasteiger partial charge >= 0.3 is 5.97 Å². The maximum absolute atomic E-state index is 12.4. The molecule has 1 aromatic carbocycles. The van der Waals surface area contributed by atoms with E-state index in [-0.39, 0.29) is 28.7 Å².